The van der Waals surface area contributed by atoms with Gasteiger partial charge in [-0.05, 0) is 37.5 Å². The van der Waals surface area contributed by atoms with Crippen molar-refractivity contribution in [2.24, 2.45) is 5.92 Å². The Morgan fingerprint density at radius 2 is 1.88 bits per heavy atom. The van der Waals surface area contributed by atoms with Gasteiger partial charge in [0.2, 0.25) is 0 Å². The van der Waals surface area contributed by atoms with Crippen LogP contribution in [0.25, 0.3) is 0 Å². The first-order valence-corrected chi connectivity index (χ1v) is 6.49. The van der Waals surface area contributed by atoms with E-state index in [1.807, 2.05) is 18.2 Å². The molecule has 1 aromatic rings. The molecule has 0 bridgehead atoms. The summed E-state index contributed by atoms with van der Waals surface area (Å²) < 4.78 is 0. The molecule has 0 amide bonds. The summed E-state index contributed by atoms with van der Waals surface area (Å²) in [7, 11) is 0. The van der Waals surface area contributed by atoms with E-state index in [9.17, 15) is 0 Å². The molecule has 1 rings (SSSR count). The Hall–Kier alpha value is -0.730. The van der Waals surface area contributed by atoms with Crippen LogP contribution in [-0.4, -0.2) is 17.7 Å². The average Bonchev–Trinajstić information content (AvgIpc) is 2.25. The van der Waals surface area contributed by atoms with Crippen LogP contribution in [0.4, 0.5) is 5.69 Å². The number of aliphatic hydroxyl groups is 1. The summed E-state index contributed by atoms with van der Waals surface area (Å²) in [5.41, 5.74) is 1.90. The van der Waals surface area contributed by atoms with Crippen LogP contribution in [0.5, 0.6) is 0 Å². The number of benzene rings is 1. The molecular weight excluding hydrogens is 234 g/mol. The molecule has 0 unspecified atom stereocenters. The molecule has 96 valence electrons. The summed E-state index contributed by atoms with van der Waals surface area (Å²) >= 11 is 6.28. The second kappa shape index (κ2) is 6.27. The molecule has 0 heterocycles. The molecular formula is C14H22ClNO. The normalized spacial score (nSPS) is 11.3. The fraction of sp³-hybridized carbons (Fsp3) is 0.571. The first kappa shape index (κ1) is 14.3. The van der Waals surface area contributed by atoms with Crippen molar-refractivity contribution < 1.29 is 5.11 Å². The molecule has 2 nitrogen and oxygen atoms in total. The van der Waals surface area contributed by atoms with E-state index >= 15 is 0 Å². The minimum atomic E-state index is 0.0336. The SMILES string of the molecule is CC(C)CN(c1ccc(CO)cc1Cl)C(C)C. The van der Waals surface area contributed by atoms with Crippen molar-refractivity contribution in [2.45, 2.75) is 40.3 Å². The highest BCUT2D eigenvalue weighted by molar-refractivity contribution is 6.33. The van der Waals surface area contributed by atoms with E-state index in [4.69, 9.17) is 16.7 Å². The topological polar surface area (TPSA) is 23.5 Å². The van der Waals surface area contributed by atoms with Crippen LogP contribution < -0.4 is 4.90 Å². The Morgan fingerprint density at radius 1 is 1.24 bits per heavy atom. The number of halogens is 1. The van der Waals surface area contributed by atoms with Crippen LogP contribution >= 0.6 is 11.6 Å². The molecule has 0 aliphatic heterocycles. The van der Waals surface area contributed by atoms with Crippen molar-refractivity contribution in [2.75, 3.05) is 11.4 Å². The maximum Gasteiger partial charge on any atom is 0.0682 e. The molecule has 0 aromatic heterocycles. The second-order valence-corrected chi connectivity index (χ2v) is 5.49. The van der Waals surface area contributed by atoms with Gasteiger partial charge in [0.15, 0.2) is 0 Å². The molecule has 3 heteroatoms. The number of hydrogen-bond donors (Lipinski definition) is 1. The number of hydrogen-bond acceptors (Lipinski definition) is 2. The van der Waals surface area contributed by atoms with Gasteiger partial charge in [-0.1, -0.05) is 31.5 Å². The molecule has 0 saturated heterocycles. The molecule has 0 saturated carbocycles. The quantitative estimate of drug-likeness (QED) is 0.867. The van der Waals surface area contributed by atoms with E-state index in [0.29, 0.717) is 17.0 Å². The van der Waals surface area contributed by atoms with Crippen LogP contribution in [-0.2, 0) is 6.61 Å². The standard InChI is InChI=1S/C14H22ClNO/c1-10(2)8-16(11(3)4)14-6-5-12(9-17)7-13(14)15/h5-7,10-11,17H,8-9H2,1-4H3. The molecule has 1 N–H and O–H groups in total. The Bertz CT molecular complexity index is 363. The lowest BCUT2D eigenvalue weighted by Crippen LogP contribution is -2.34. The first-order valence-electron chi connectivity index (χ1n) is 6.11. The van der Waals surface area contributed by atoms with Gasteiger partial charge >= 0.3 is 0 Å². The number of anilines is 1. The van der Waals surface area contributed by atoms with E-state index in [1.165, 1.54) is 0 Å². The smallest absolute Gasteiger partial charge is 0.0682 e. The summed E-state index contributed by atoms with van der Waals surface area (Å²) in [6.45, 7) is 9.75. The highest BCUT2D eigenvalue weighted by Crippen LogP contribution is 2.29. The number of rotatable bonds is 5. The zero-order valence-corrected chi connectivity index (χ0v) is 11.8. The fourth-order valence-corrected chi connectivity index (χ4v) is 2.17. The summed E-state index contributed by atoms with van der Waals surface area (Å²) in [5, 5.41) is 9.79. The highest BCUT2D eigenvalue weighted by Gasteiger charge is 2.15. The number of aliphatic hydroxyl groups excluding tert-OH is 1. The lowest BCUT2D eigenvalue weighted by atomic mass is 10.1. The van der Waals surface area contributed by atoms with Crippen molar-refractivity contribution in [1.82, 2.24) is 0 Å². The zero-order chi connectivity index (χ0) is 13.0. The van der Waals surface area contributed by atoms with Crippen LogP contribution in [0.1, 0.15) is 33.3 Å². The van der Waals surface area contributed by atoms with Gasteiger partial charge in [0, 0.05) is 12.6 Å². The Balaban J connectivity index is 3.01. The lowest BCUT2D eigenvalue weighted by molar-refractivity contribution is 0.282. The maximum atomic E-state index is 9.07. The minimum Gasteiger partial charge on any atom is -0.392 e. The number of nitrogens with zero attached hydrogens (tertiary/aromatic N) is 1. The average molecular weight is 256 g/mol. The van der Waals surface area contributed by atoms with E-state index in [1.54, 1.807) is 0 Å². The van der Waals surface area contributed by atoms with Gasteiger partial charge in [0.1, 0.15) is 0 Å². The van der Waals surface area contributed by atoms with Gasteiger partial charge in [-0.15, -0.1) is 0 Å². The molecule has 0 fully saturated rings. The molecule has 0 spiro atoms. The van der Waals surface area contributed by atoms with Crippen molar-refractivity contribution in [3.05, 3.63) is 28.8 Å². The van der Waals surface area contributed by atoms with E-state index < -0.39 is 0 Å². The fourth-order valence-electron chi connectivity index (χ4n) is 1.86. The van der Waals surface area contributed by atoms with Gasteiger partial charge in [-0.3, -0.25) is 0 Å². The third-order valence-electron chi connectivity index (χ3n) is 2.69. The van der Waals surface area contributed by atoms with Crippen LogP contribution in [0, 0.1) is 5.92 Å². The Morgan fingerprint density at radius 3 is 2.29 bits per heavy atom. The predicted octanol–water partition coefficient (Wildman–Crippen LogP) is 3.70. The van der Waals surface area contributed by atoms with Crippen LogP contribution in [0.3, 0.4) is 0 Å². The maximum absolute atomic E-state index is 9.07. The van der Waals surface area contributed by atoms with E-state index in [-0.39, 0.29) is 6.61 Å². The monoisotopic (exact) mass is 255 g/mol. The van der Waals surface area contributed by atoms with Gasteiger partial charge in [-0.2, -0.15) is 0 Å². The van der Waals surface area contributed by atoms with Gasteiger partial charge in [0.05, 0.1) is 17.3 Å². The van der Waals surface area contributed by atoms with Crippen molar-refractivity contribution >= 4 is 17.3 Å². The summed E-state index contributed by atoms with van der Waals surface area (Å²) in [4.78, 5) is 2.30. The molecule has 17 heavy (non-hydrogen) atoms. The lowest BCUT2D eigenvalue weighted by Gasteiger charge is -2.31. The van der Waals surface area contributed by atoms with Crippen molar-refractivity contribution in [1.29, 1.82) is 0 Å². The highest BCUT2D eigenvalue weighted by atomic mass is 35.5. The zero-order valence-electron chi connectivity index (χ0n) is 11.1. The summed E-state index contributed by atoms with van der Waals surface area (Å²) in [6.07, 6.45) is 0. The third kappa shape index (κ3) is 3.90. The van der Waals surface area contributed by atoms with Crippen LogP contribution in [0.2, 0.25) is 5.02 Å². The molecule has 0 aliphatic carbocycles. The molecule has 0 atom stereocenters. The van der Waals surface area contributed by atoms with E-state index in [2.05, 4.69) is 32.6 Å². The van der Waals surface area contributed by atoms with Crippen LogP contribution in [0.15, 0.2) is 18.2 Å². The molecule has 0 radical (unpaired) electrons. The largest absolute Gasteiger partial charge is 0.392 e. The summed E-state index contributed by atoms with van der Waals surface area (Å²) in [5.74, 6) is 0.589. The second-order valence-electron chi connectivity index (χ2n) is 5.08. The molecule has 0 aliphatic rings. The predicted molar refractivity (Wildman–Crippen MR) is 74.7 cm³/mol. The minimum absolute atomic E-state index is 0.0336. The summed E-state index contributed by atoms with van der Waals surface area (Å²) in [6, 6.07) is 6.18. The van der Waals surface area contributed by atoms with Gasteiger partial charge in [-0.25, -0.2) is 0 Å². The van der Waals surface area contributed by atoms with Gasteiger partial charge < -0.3 is 10.0 Å². The Kier molecular flexibility index (Phi) is 5.29. The van der Waals surface area contributed by atoms with Crippen molar-refractivity contribution in [3.8, 4) is 0 Å². The third-order valence-corrected chi connectivity index (χ3v) is 2.99. The van der Waals surface area contributed by atoms with Gasteiger partial charge in [0.25, 0.3) is 0 Å². The van der Waals surface area contributed by atoms with Crippen molar-refractivity contribution in [3.63, 3.8) is 0 Å². The first-order chi connectivity index (χ1) is 7.95. The molecule has 1 aromatic carbocycles. The Labute approximate surface area is 109 Å². The van der Waals surface area contributed by atoms with E-state index in [0.717, 1.165) is 17.8 Å².